The number of hydrogen-bond donors (Lipinski definition) is 3. The van der Waals surface area contributed by atoms with Crippen LogP contribution in [-0.2, 0) is 0 Å². The zero-order chi connectivity index (χ0) is 12.8. The molecule has 1 fully saturated rings. The van der Waals surface area contributed by atoms with Gasteiger partial charge in [0.15, 0.2) is 5.76 Å². The number of hydrogen-bond acceptors (Lipinski definition) is 5. The van der Waals surface area contributed by atoms with Gasteiger partial charge in [-0.2, -0.15) is 15.7 Å². The molecule has 2 aromatic rings. The molecule has 3 rings (SSSR count). The summed E-state index contributed by atoms with van der Waals surface area (Å²) in [6.07, 6.45) is 2.27. The van der Waals surface area contributed by atoms with Crippen LogP contribution in [0, 0.1) is 0 Å². The fraction of sp³-hybridized carbons (Fsp3) is 0.364. The van der Waals surface area contributed by atoms with Gasteiger partial charge in [-0.05, 0) is 18.6 Å². The second kappa shape index (κ2) is 4.04. The van der Waals surface area contributed by atoms with Crippen molar-refractivity contribution in [2.75, 3.05) is 17.2 Å². The Kier molecular flexibility index (Phi) is 2.61. The molecule has 2 aromatic heterocycles. The van der Waals surface area contributed by atoms with Gasteiger partial charge in [-0.15, -0.1) is 0 Å². The Hall–Kier alpha value is -1.44. The van der Waals surface area contributed by atoms with Crippen molar-refractivity contribution in [1.82, 2.24) is 9.78 Å². The Balaban J connectivity index is 1.90. The summed E-state index contributed by atoms with van der Waals surface area (Å²) in [5, 5.41) is 4.39. The fourth-order valence-electron chi connectivity index (χ4n) is 2.24. The summed E-state index contributed by atoms with van der Waals surface area (Å²) < 4.78 is 26.2. The van der Waals surface area contributed by atoms with Gasteiger partial charge < -0.3 is 10.2 Å². The lowest BCUT2D eigenvalue weighted by molar-refractivity contribution is 0.481. The lowest BCUT2D eigenvalue weighted by Gasteiger charge is -2.26. The molecule has 0 aromatic carbocycles. The fourth-order valence-corrected chi connectivity index (χ4v) is 3.98. The molecule has 1 atom stereocenters. The predicted molar refractivity (Wildman–Crippen MR) is 70.6 cm³/mol. The first-order valence-electron chi connectivity index (χ1n) is 5.68. The summed E-state index contributed by atoms with van der Waals surface area (Å²) in [4.78, 5) is 0. The summed E-state index contributed by atoms with van der Waals surface area (Å²) >= 11 is 0. The van der Waals surface area contributed by atoms with Crippen LogP contribution in [0.3, 0.4) is 0 Å². The lowest BCUT2D eigenvalue weighted by Crippen LogP contribution is -2.13. The van der Waals surface area contributed by atoms with E-state index in [2.05, 4.69) is 5.10 Å². The third kappa shape index (κ3) is 2.00. The van der Waals surface area contributed by atoms with Crippen LogP contribution in [0.15, 0.2) is 28.9 Å². The predicted octanol–water partition coefficient (Wildman–Crippen LogP) is 2.42. The van der Waals surface area contributed by atoms with Crippen LogP contribution >= 0.6 is 10.6 Å². The molecular weight excluding hydrogens is 254 g/mol. The molecule has 18 heavy (non-hydrogen) atoms. The molecule has 1 aliphatic heterocycles. The topological polar surface area (TPSA) is 97.4 Å². The van der Waals surface area contributed by atoms with Gasteiger partial charge in [0.1, 0.15) is 11.5 Å². The van der Waals surface area contributed by atoms with Crippen molar-refractivity contribution < 1.29 is 13.5 Å². The van der Waals surface area contributed by atoms with Crippen LogP contribution in [-0.4, -0.2) is 30.4 Å². The number of nitrogen functional groups attached to an aromatic ring is 1. The molecule has 1 aliphatic rings. The highest BCUT2D eigenvalue weighted by molar-refractivity contribution is 8.24. The first-order valence-corrected chi connectivity index (χ1v) is 7.56. The van der Waals surface area contributed by atoms with E-state index in [9.17, 15) is 9.11 Å². The van der Waals surface area contributed by atoms with Crippen molar-refractivity contribution in [3.8, 4) is 11.5 Å². The molecule has 0 saturated carbocycles. The van der Waals surface area contributed by atoms with Crippen molar-refractivity contribution in [3.05, 3.63) is 24.5 Å². The maximum absolute atomic E-state index is 9.65. The van der Waals surface area contributed by atoms with Crippen molar-refractivity contribution in [1.29, 1.82) is 0 Å². The average molecular weight is 269 g/mol. The number of anilines is 1. The highest BCUT2D eigenvalue weighted by Gasteiger charge is 2.31. The van der Waals surface area contributed by atoms with Gasteiger partial charge in [-0.25, -0.2) is 4.68 Å². The van der Waals surface area contributed by atoms with E-state index in [0.29, 0.717) is 35.2 Å². The highest BCUT2D eigenvalue weighted by Crippen LogP contribution is 2.50. The maximum atomic E-state index is 9.65. The Morgan fingerprint density at radius 1 is 1.50 bits per heavy atom. The van der Waals surface area contributed by atoms with E-state index in [0.717, 1.165) is 0 Å². The van der Waals surface area contributed by atoms with Gasteiger partial charge in [0.05, 0.1) is 18.1 Å². The molecule has 1 saturated heterocycles. The van der Waals surface area contributed by atoms with Crippen LogP contribution in [0.25, 0.3) is 11.5 Å². The van der Waals surface area contributed by atoms with Crippen LogP contribution in [0.1, 0.15) is 12.5 Å². The smallest absolute Gasteiger partial charge is 0.154 e. The van der Waals surface area contributed by atoms with Crippen LogP contribution in [0.2, 0.25) is 0 Å². The van der Waals surface area contributed by atoms with E-state index >= 15 is 0 Å². The third-order valence-corrected chi connectivity index (χ3v) is 4.93. The van der Waals surface area contributed by atoms with Crippen molar-refractivity contribution >= 4 is 16.4 Å². The van der Waals surface area contributed by atoms with Crippen LogP contribution in [0.5, 0.6) is 0 Å². The molecule has 1 unspecified atom stereocenters. The summed E-state index contributed by atoms with van der Waals surface area (Å²) in [7, 11) is -2.44. The summed E-state index contributed by atoms with van der Waals surface area (Å²) in [6.45, 7) is 0. The maximum Gasteiger partial charge on any atom is 0.154 e. The summed E-state index contributed by atoms with van der Waals surface area (Å²) in [5.74, 6) is 1.93. The van der Waals surface area contributed by atoms with Crippen molar-refractivity contribution in [2.45, 2.75) is 12.5 Å². The van der Waals surface area contributed by atoms with Gasteiger partial charge in [0.25, 0.3) is 0 Å². The van der Waals surface area contributed by atoms with E-state index in [1.807, 2.05) is 6.07 Å². The minimum atomic E-state index is -2.44. The Morgan fingerprint density at radius 2 is 2.33 bits per heavy atom. The standard InChI is InChI=1S/C11H15N3O3S/c12-11-6-9(10-2-1-4-17-10)13-14(11)8-3-5-18(15,16)7-8/h1-2,4,6,8,15-16H,3,5,7,12H2. The Labute approximate surface area is 106 Å². The van der Waals surface area contributed by atoms with E-state index < -0.39 is 10.6 Å². The monoisotopic (exact) mass is 269 g/mol. The second-order valence-corrected chi connectivity index (χ2v) is 6.84. The van der Waals surface area contributed by atoms with E-state index in [1.165, 1.54) is 0 Å². The molecule has 0 amide bonds. The van der Waals surface area contributed by atoms with E-state index in [1.54, 1.807) is 23.1 Å². The number of rotatable bonds is 2. The molecule has 0 aliphatic carbocycles. The SMILES string of the molecule is Nc1cc(-c2ccco2)nn1C1CCS(O)(O)C1. The lowest BCUT2D eigenvalue weighted by atomic mass is 10.3. The molecule has 4 N–H and O–H groups in total. The quantitative estimate of drug-likeness (QED) is 0.777. The van der Waals surface area contributed by atoms with Gasteiger partial charge >= 0.3 is 0 Å². The number of aromatic nitrogens is 2. The summed E-state index contributed by atoms with van der Waals surface area (Å²) in [6, 6.07) is 5.30. The minimum Gasteiger partial charge on any atom is -0.463 e. The van der Waals surface area contributed by atoms with Crippen molar-refractivity contribution in [3.63, 3.8) is 0 Å². The highest BCUT2D eigenvalue weighted by atomic mass is 32.3. The summed E-state index contributed by atoms with van der Waals surface area (Å²) in [5.41, 5.74) is 6.59. The second-order valence-electron chi connectivity index (χ2n) is 4.49. The van der Waals surface area contributed by atoms with Gasteiger partial charge in [-0.3, -0.25) is 9.11 Å². The van der Waals surface area contributed by atoms with Gasteiger partial charge in [0.2, 0.25) is 0 Å². The Morgan fingerprint density at radius 3 is 2.94 bits per heavy atom. The van der Waals surface area contributed by atoms with E-state index in [-0.39, 0.29) is 6.04 Å². The molecule has 0 radical (unpaired) electrons. The molecular formula is C11H15N3O3S. The molecule has 0 bridgehead atoms. The zero-order valence-corrected chi connectivity index (χ0v) is 10.5. The molecule has 0 spiro atoms. The average Bonchev–Trinajstić information content (AvgIpc) is 2.97. The normalized spacial score (nSPS) is 24.2. The third-order valence-electron chi connectivity index (χ3n) is 3.12. The first-order chi connectivity index (χ1) is 8.55. The molecule has 3 heterocycles. The van der Waals surface area contributed by atoms with Gasteiger partial charge in [-0.1, -0.05) is 0 Å². The molecule has 7 heteroatoms. The Bertz CT molecular complexity index is 550. The largest absolute Gasteiger partial charge is 0.463 e. The molecule has 6 nitrogen and oxygen atoms in total. The molecule has 98 valence electrons. The zero-order valence-electron chi connectivity index (χ0n) is 9.69. The van der Waals surface area contributed by atoms with Gasteiger partial charge in [0, 0.05) is 11.8 Å². The van der Waals surface area contributed by atoms with E-state index in [4.69, 9.17) is 10.2 Å². The minimum absolute atomic E-state index is 0.0429. The number of nitrogens with two attached hydrogens (primary N) is 1. The number of furan rings is 1. The van der Waals surface area contributed by atoms with Crippen molar-refractivity contribution in [2.24, 2.45) is 0 Å². The number of nitrogens with zero attached hydrogens (tertiary/aromatic N) is 2. The van der Waals surface area contributed by atoms with Crippen LogP contribution in [0.4, 0.5) is 5.82 Å². The first kappa shape index (κ1) is 11.6. The van der Waals surface area contributed by atoms with Crippen LogP contribution < -0.4 is 5.73 Å².